The highest BCUT2D eigenvalue weighted by atomic mass is 32.2. The van der Waals surface area contributed by atoms with Crippen molar-refractivity contribution in [3.8, 4) is 0 Å². The summed E-state index contributed by atoms with van der Waals surface area (Å²) in [5, 5.41) is 14.0. The quantitative estimate of drug-likeness (QED) is 0.0662. The van der Waals surface area contributed by atoms with E-state index < -0.39 is 39.2 Å². The predicted octanol–water partition coefficient (Wildman–Crippen LogP) is 7.37. The van der Waals surface area contributed by atoms with E-state index in [1.165, 1.54) is 12.0 Å². The molecule has 7 rings (SSSR count). The summed E-state index contributed by atoms with van der Waals surface area (Å²) in [6.45, 7) is 28.8. The minimum Gasteiger partial charge on any atom is -0.481 e. The molecule has 0 aromatic heterocycles. The lowest BCUT2D eigenvalue weighted by Gasteiger charge is -2.73. The number of carboxylic acid groups (broad SMARTS) is 1. The number of methoxy groups -OCH3 is 1. The van der Waals surface area contributed by atoms with Crippen molar-refractivity contribution in [2.24, 2.45) is 68.5 Å². The lowest BCUT2D eigenvalue weighted by Crippen LogP contribution is -2.69. The Kier molecular flexibility index (Phi) is 16.6. The average molecular weight is 991 g/mol. The van der Waals surface area contributed by atoms with E-state index in [4.69, 9.17) is 28.4 Å². The SMILES string of the molecule is C=C(C)[C@@H]1CC[C@]2(NCC([C@@H](C)OC(=O)COCCOCCOCCOC)N3CCS(=O)(=O)CC3)CC[C@]3(C)[C@H](CC[C@@H]4[C@@]5(C)CC[C@H](OC(=O)[C@H]6C[C@@H](C(=O)O)C6(C)C)C(C)(C)[C@@H]5CC[C@]43C)[C@@H]12. The van der Waals surface area contributed by atoms with Gasteiger partial charge in [0.25, 0.3) is 0 Å². The summed E-state index contributed by atoms with van der Waals surface area (Å²) in [6, 6.07) is -0.221. The molecule has 0 aromatic rings. The largest absolute Gasteiger partial charge is 0.481 e. The van der Waals surface area contributed by atoms with Crippen LogP contribution in [0.3, 0.4) is 0 Å². The van der Waals surface area contributed by atoms with Gasteiger partial charge in [-0.2, -0.15) is 0 Å². The average Bonchev–Trinajstić information content (AvgIpc) is 3.66. The number of fused-ring (bicyclic) bond motifs is 7. The molecular formula is C54H90N2O12S. The fourth-order valence-electron chi connectivity index (χ4n) is 16.6. The van der Waals surface area contributed by atoms with Gasteiger partial charge in [0.2, 0.25) is 0 Å². The van der Waals surface area contributed by atoms with Gasteiger partial charge in [0.1, 0.15) is 18.8 Å². The van der Waals surface area contributed by atoms with Crippen LogP contribution in [-0.4, -0.2) is 145 Å². The second-order valence-corrected chi connectivity index (χ2v) is 27.0. The van der Waals surface area contributed by atoms with E-state index in [1.54, 1.807) is 7.11 Å². The normalized spacial score (nSPS) is 39.6. The number of nitrogens with zero attached hydrogens (tertiary/aromatic N) is 1. The number of carbonyl (C=O) groups excluding carboxylic acids is 2. The highest BCUT2D eigenvalue weighted by molar-refractivity contribution is 7.91. The van der Waals surface area contributed by atoms with Gasteiger partial charge in [-0.25, -0.2) is 13.2 Å². The summed E-state index contributed by atoms with van der Waals surface area (Å²) in [7, 11) is -1.50. The van der Waals surface area contributed by atoms with Crippen LogP contribution in [0.2, 0.25) is 0 Å². The molecule has 1 heterocycles. The van der Waals surface area contributed by atoms with Crippen molar-refractivity contribution in [3.63, 3.8) is 0 Å². The molecule has 6 saturated carbocycles. The third-order valence-electron chi connectivity index (χ3n) is 20.9. The molecule has 394 valence electrons. The van der Waals surface area contributed by atoms with Crippen molar-refractivity contribution < 1.29 is 56.3 Å². The lowest BCUT2D eigenvalue weighted by molar-refractivity contribution is -0.248. The predicted molar refractivity (Wildman–Crippen MR) is 264 cm³/mol. The third-order valence-corrected chi connectivity index (χ3v) is 22.5. The van der Waals surface area contributed by atoms with Crippen molar-refractivity contribution in [2.45, 2.75) is 157 Å². The maximum Gasteiger partial charge on any atom is 0.332 e. The number of allylic oxidation sites excluding steroid dienone is 1. The van der Waals surface area contributed by atoms with Crippen molar-refractivity contribution in [3.05, 3.63) is 12.2 Å². The molecular weight excluding hydrogens is 901 g/mol. The van der Waals surface area contributed by atoms with E-state index in [0.717, 1.165) is 57.8 Å². The molecule has 0 aromatic carbocycles. The van der Waals surface area contributed by atoms with E-state index in [9.17, 15) is 27.9 Å². The first-order valence-electron chi connectivity index (χ1n) is 26.6. The fraction of sp³-hybridized carbons (Fsp3) is 0.907. The van der Waals surface area contributed by atoms with Gasteiger partial charge in [0.15, 0.2) is 9.84 Å². The zero-order valence-electron chi connectivity index (χ0n) is 44.0. The second-order valence-electron chi connectivity index (χ2n) is 24.7. The number of ether oxygens (including phenoxy) is 6. The maximum absolute atomic E-state index is 13.7. The zero-order chi connectivity index (χ0) is 50.4. The van der Waals surface area contributed by atoms with Crippen molar-refractivity contribution >= 4 is 27.7 Å². The number of sulfone groups is 1. The van der Waals surface area contributed by atoms with Gasteiger partial charge in [-0.1, -0.05) is 60.6 Å². The molecule has 14 nitrogen and oxygen atoms in total. The Labute approximate surface area is 414 Å². The summed E-state index contributed by atoms with van der Waals surface area (Å²) < 4.78 is 59.4. The Hall–Kier alpha value is -2.14. The van der Waals surface area contributed by atoms with Crippen LogP contribution in [-0.2, 0) is 52.6 Å². The molecule has 0 radical (unpaired) electrons. The molecule has 7 fully saturated rings. The molecule has 69 heavy (non-hydrogen) atoms. The molecule has 0 spiro atoms. The van der Waals surface area contributed by atoms with Crippen LogP contribution in [0.5, 0.6) is 0 Å². The highest BCUT2D eigenvalue weighted by Gasteiger charge is 2.71. The Morgan fingerprint density at radius 1 is 0.768 bits per heavy atom. The molecule has 1 unspecified atom stereocenters. The van der Waals surface area contributed by atoms with E-state index >= 15 is 0 Å². The molecule has 7 aliphatic rings. The highest BCUT2D eigenvalue weighted by Crippen LogP contribution is 2.76. The smallest absolute Gasteiger partial charge is 0.332 e. The molecule has 6 aliphatic carbocycles. The molecule has 1 aliphatic heterocycles. The van der Waals surface area contributed by atoms with Crippen LogP contribution in [0.1, 0.15) is 133 Å². The summed E-state index contributed by atoms with van der Waals surface area (Å²) >= 11 is 0. The van der Waals surface area contributed by atoms with Crippen LogP contribution >= 0.6 is 0 Å². The van der Waals surface area contributed by atoms with Gasteiger partial charge in [-0.15, -0.1) is 0 Å². The van der Waals surface area contributed by atoms with E-state index in [-0.39, 0.29) is 76.0 Å². The number of carbonyl (C=O) groups is 3. The van der Waals surface area contributed by atoms with Gasteiger partial charge in [0, 0.05) is 37.7 Å². The minimum atomic E-state index is -3.13. The maximum atomic E-state index is 13.7. The number of hydrogen-bond acceptors (Lipinski definition) is 13. The van der Waals surface area contributed by atoms with Crippen molar-refractivity contribution in [1.82, 2.24) is 10.2 Å². The van der Waals surface area contributed by atoms with Crippen LogP contribution in [0.25, 0.3) is 0 Å². The Morgan fingerprint density at radius 3 is 2.04 bits per heavy atom. The monoisotopic (exact) mass is 991 g/mol. The fourth-order valence-corrected chi connectivity index (χ4v) is 17.8. The van der Waals surface area contributed by atoms with Gasteiger partial charge >= 0.3 is 17.9 Å². The summed E-state index contributed by atoms with van der Waals surface area (Å²) in [5.74, 6) is -0.0231. The van der Waals surface area contributed by atoms with Crippen molar-refractivity contribution in [2.75, 3.05) is 84.5 Å². The number of hydrogen-bond donors (Lipinski definition) is 2. The Balaban J connectivity index is 1.03. The molecule has 15 heteroatoms. The van der Waals surface area contributed by atoms with Crippen molar-refractivity contribution in [1.29, 1.82) is 0 Å². The van der Waals surface area contributed by atoms with E-state index in [2.05, 4.69) is 58.3 Å². The van der Waals surface area contributed by atoms with Gasteiger partial charge < -0.3 is 38.8 Å². The minimum absolute atomic E-state index is 0.0902. The van der Waals surface area contributed by atoms with Crippen LogP contribution in [0.4, 0.5) is 0 Å². The number of aliphatic carboxylic acids is 1. The lowest BCUT2D eigenvalue weighted by atomic mass is 9.32. The first-order valence-corrected chi connectivity index (χ1v) is 28.4. The number of carboxylic acids is 1. The number of rotatable bonds is 21. The number of esters is 2. The Morgan fingerprint density at radius 2 is 1.42 bits per heavy atom. The topological polar surface area (TPSA) is 176 Å². The Bertz CT molecular complexity index is 1960. The van der Waals surface area contributed by atoms with Crippen LogP contribution in [0, 0.1) is 68.5 Å². The summed E-state index contributed by atoms with van der Waals surface area (Å²) in [6.07, 6.45) is 10.4. The van der Waals surface area contributed by atoms with Gasteiger partial charge in [-0.3, -0.25) is 14.5 Å². The van der Waals surface area contributed by atoms with Gasteiger partial charge in [0.05, 0.1) is 69.0 Å². The van der Waals surface area contributed by atoms with E-state index in [1.807, 2.05) is 20.8 Å². The van der Waals surface area contributed by atoms with Gasteiger partial charge in [-0.05, 0) is 136 Å². The second kappa shape index (κ2) is 21.0. The van der Waals surface area contributed by atoms with Crippen LogP contribution in [0.15, 0.2) is 12.2 Å². The number of nitrogens with one attached hydrogen (secondary N) is 1. The van der Waals surface area contributed by atoms with E-state index in [0.29, 0.717) is 88.7 Å². The summed E-state index contributed by atoms with van der Waals surface area (Å²) in [4.78, 5) is 41.0. The molecule has 1 saturated heterocycles. The first-order chi connectivity index (χ1) is 32.4. The molecule has 2 N–H and O–H groups in total. The molecule has 0 amide bonds. The zero-order valence-corrected chi connectivity index (χ0v) is 44.9. The summed E-state index contributed by atoms with van der Waals surface area (Å²) in [5.41, 5.74) is 0.621. The molecule has 14 atom stereocenters. The standard InChI is InChI=1S/C54H90N2O12S/c1-35(2)37-14-19-54(55-33-41(56-22-30-69(61,62)31-23-56)36(3)67-45(57)34-66-29-28-65-27-26-64-25-24-63-11)21-20-52(9)38(46(37)54)12-13-43-51(8)17-16-44(50(6,7)42(51)15-18-53(43,52)10)68-48(60)40-32-39(47(58)59)49(40,4)5/h36-44,46,55H,1,12-34H2,2-11H3,(H,58,59)/t36-,37+,38-,39+,40-,41?,42+,43-,44+,46-,51+,52-,53-,54+/m1/s1. The van der Waals surface area contributed by atoms with Crippen LogP contribution < -0.4 is 5.32 Å². The third kappa shape index (κ3) is 10.4. The first kappa shape index (κ1) is 54.6. The molecule has 0 bridgehead atoms.